The fraction of sp³-hybridized carbons (Fsp3) is 0.100. The Bertz CT molecular complexity index is 1060. The number of ether oxygens (including phenoxy) is 2. The Morgan fingerprint density at radius 1 is 0.920 bits per heavy atom. The molecule has 0 atom stereocenters. The predicted molar refractivity (Wildman–Crippen MR) is 94.3 cm³/mol. The van der Waals surface area contributed by atoms with Crippen molar-refractivity contribution in [1.29, 1.82) is 0 Å². The van der Waals surface area contributed by atoms with Gasteiger partial charge in [0.15, 0.2) is 11.5 Å². The van der Waals surface area contributed by atoms with Gasteiger partial charge in [0, 0.05) is 16.5 Å². The van der Waals surface area contributed by atoms with Crippen molar-refractivity contribution < 1.29 is 19.1 Å². The number of carbonyl (C=O) groups excluding carboxylic acids is 2. The van der Waals surface area contributed by atoms with Gasteiger partial charge in [-0.3, -0.25) is 9.59 Å². The summed E-state index contributed by atoms with van der Waals surface area (Å²) >= 11 is 0. The largest absolute Gasteiger partial charge is 0.493 e. The SMILES string of the molecule is COc1ccc(C2=CC(=O)C(=O)c3c2[nH]c2ccccc32)cc1OC. The van der Waals surface area contributed by atoms with Gasteiger partial charge in [-0.05, 0) is 29.8 Å². The highest BCUT2D eigenvalue weighted by atomic mass is 16.5. The zero-order chi connectivity index (χ0) is 17.6. The summed E-state index contributed by atoms with van der Waals surface area (Å²) in [5.41, 5.74) is 3.33. The van der Waals surface area contributed by atoms with Crippen LogP contribution in [0.3, 0.4) is 0 Å². The van der Waals surface area contributed by atoms with Crippen LogP contribution in [0.5, 0.6) is 11.5 Å². The molecule has 1 aliphatic rings. The molecule has 4 rings (SSSR count). The normalized spacial score (nSPS) is 13.6. The highest BCUT2D eigenvalue weighted by Gasteiger charge is 2.30. The summed E-state index contributed by atoms with van der Waals surface area (Å²) in [6, 6.07) is 12.9. The van der Waals surface area contributed by atoms with Gasteiger partial charge in [0.05, 0.1) is 25.5 Å². The van der Waals surface area contributed by atoms with Crippen molar-refractivity contribution in [2.24, 2.45) is 0 Å². The maximum absolute atomic E-state index is 12.4. The second-order valence-corrected chi connectivity index (χ2v) is 5.74. The van der Waals surface area contributed by atoms with Gasteiger partial charge in [-0.2, -0.15) is 0 Å². The minimum absolute atomic E-state index is 0.424. The Hall–Kier alpha value is -3.34. The van der Waals surface area contributed by atoms with Gasteiger partial charge >= 0.3 is 0 Å². The van der Waals surface area contributed by atoms with E-state index < -0.39 is 11.6 Å². The molecular formula is C20H15NO4. The lowest BCUT2D eigenvalue weighted by Crippen LogP contribution is -2.18. The van der Waals surface area contributed by atoms with E-state index in [-0.39, 0.29) is 0 Å². The molecule has 5 heteroatoms. The van der Waals surface area contributed by atoms with Crippen molar-refractivity contribution in [3.05, 3.63) is 65.4 Å². The maximum atomic E-state index is 12.4. The number of rotatable bonds is 3. The third-order valence-corrected chi connectivity index (χ3v) is 4.40. The Kier molecular flexibility index (Phi) is 3.42. The van der Waals surface area contributed by atoms with Gasteiger partial charge in [0.2, 0.25) is 11.6 Å². The molecule has 5 nitrogen and oxygen atoms in total. The predicted octanol–water partition coefficient (Wildman–Crippen LogP) is 3.38. The third kappa shape index (κ3) is 2.24. The van der Waals surface area contributed by atoms with Crippen molar-refractivity contribution in [3.63, 3.8) is 0 Å². The van der Waals surface area contributed by atoms with Gasteiger partial charge in [-0.1, -0.05) is 24.3 Å². The highest BCUT2D eigenvalue weighted by Crippen LogP contribution is 2.37. The number of benzene rings is 2. The van der Waals surface area contributed by atoms with Crippen LogP contribution >= 0.6 is 0 Å². The van der Waals surface area contributed by atoms with E-state index in [0.717, 1.165) is 16.5 Å². The number of Topliss-reactive ketones (excluding diaryl/α,β-unsaturated/α-hetero) is 1. The van der Waals surface area contributed by atoms with Crippen molar-refractivity contribution in [1.82, 2.24) is 4.98 Å². The highest BCUT2D eigenvalue weighted by molar-refractivity contribution is 6.52. The van der Waals surface area contributed by atoms with Crippen LogP contribution in [-0.2, 0) is 4.79 Å². The number of hydrogen-bond donors (Lipinski definition) is 1. The number of hydrogen-bond acceptors (Lipinski definition) is 4. The number of H-pyrrole nitrogens is 1. The van der Waals surface area contributed by atoms with Crippen LogP contribution in [0.2, 0.25) is 0 Å². The Morgan fingerprint density at radius 3 is 2.44 bits per heavy atom. The first kappa shape index (κ1) is 15.2. The number of aromatic amines is 1. The Labute approximate surface area is 143 Å². The summed E-state index contributed by atoms with van der Waals surface area (Å²) < 4.78 is 10.6. The lowest BCUT2D eigenvalue weighted by molar-refractivity contribution is -0.110. The molecule has 0 saturated heterocycles. The van der Waals surface area contributed by atoms with Crippen molar-refractivity contribution in [3.8, 4) is 11.5 Å². The van der Waals surface area contributed by atoms with Crippen LogP contribution in [0.1, 0.15) is 21.6 Å². The molecule has 25 heavy (non-hydrogen) atoms. The third-order valence-electron chi connectivity index (χ3n) is 4.40. The van der Waals surface area contributed by atoms with Crippen LogP contribution in [-0.4, -0.2) is 30.8 Å². The number of aromatic nitrogens is 1. The fourth-order valence-electron chi connectivity index (χ4n) is 3.20. The van der Waals surface area contributed by atoms with E-state index in [0.29, 0.717) is 28.3 Å². The number of carbonyl (C=O) groups is 2. The molecule has 0 spiro atoms. The lowest BCUT2D eigenvalue weighted by atomic mass is 9.89. The molecule has 0 radical (unpaired) electrons. The quantitative estimate of drug-likeness (QED) is 0.746. The van der Waals surface area contributed by atoms with E-state index in [9.17, 15) is 9.59 Å². The van der Waals surface area contributed by atoms with E-state index in [2.05, 4.69) is 4.98 Å². The van der Waals surface area contributed by atoms with Gasteiger partial charge < -0.3 is 14.5 Å². The van der Waals surface area contributed by atoms with Crippen molar-refractivity contribution >= 4 is 28.0 Å². The number of methoxy groups -OCH3 is 2. The second kappa shape index (κ2) is 5.63. The number of fused-ring (bicyclic) bond motifs is 3. The molecule has 1 aliphatic carbocycles. The molecule has 0 unspecified atom stereocenters. The van der Waals surface area contributed by atoms with E-state index in [1.165, 1.54) is 6.08 Å². The first-order valence-electron chi connectivity index (χ1n) is 7.78. The van der Waals surface area contributed by atoms with Crippen molar-refractivity contribution in [2.75, 3.05) is 14.2 Å². The van der Waals surface area contributed by atoms with E-state index >= 15 is 0 Å². The second-order valence-electron chi connectivity index (χ2n) is 5.74. The molecule has 0 aliphatic heterocycles. The lowest BCUT2D eigenvalue weighted by Gasteiger charge is -2.15. The molecule has 3 aromatic rings. The van der Waals surface area contributed by atoms with Crippen molar-refractivity contribution in [2.45, 2.75) is 0 Å². The van der Waals surface area contributed by atoms with Crippen LogP contribution in [0.4, 0.5) is 0 Å². The van der Waals surface area contributed by atoms with Gasteiger partial charge in [0.25, 0.3) is 0 Å². The van der Waals surface area contributed by atoms with Crippen LogP contribution < -0.4 is 9.47 Å². The first-order chi connectivity index (χ1) is 12.1. The zero-order valence-electron chi connectivity index (χ0n) is 13.8. The maximum Gasteiger partial charge on any atom is 0.235 e. The van der Waals surface area contributed by atoms with Crippen LogP contribution in [0.15, 0.2) is 48.5 Å². The molecule has 1 heterocycles. The summed E-state index contributed by atoms with van der Waals surface area (Å²) in [6.45, 7) is 0. The number of para-hydroxylation sites is 1. The number of allylic oxidation sites excluding steroid dienone is 1. The molecule has 0 saturated carbocycles. The molecule has 0 bridgehead atoms. The summed E-state index contributed by atoms with van der Waals surface area (Å²) in [7, 11) is 3.12. The molecular weight excluding hydrogens is 318 g/mol. The Balaban J connectivity index is 1.96. The van der Waals surface area contributed by atoms with E-state index in [4.69, 9.17) is 9.47 Å². The van der Waals surface area contributed by atoms with Crippen LogP contribution in [0, 0.1) is 0 Å². The zero-order valence-corrected chi connectivity index (χ0v) is 13.8. The van der Waals surface area contributed by atoms with Gasteiger partial charge in [0.1, 0.15) is 0 Å². The molecule has 1 aromatic heterocycles. The summed E-state index contributed by atoms with van der Waals surface area (Å²) in [4.78, 5) is 28.0. The first-order valence-corrected chi connectivity index (χ1v) is 7.78. The van der Waals surface area contributed by atoms with E-state index in [1.807, 2.05) is 30.3 Å². The topological polar surface area (TPSA) is 68.4 Å². The fourth-order valence-corrected chi connectivity index (χ4v) is 3.20. The van der Waals surface area contributed by atoms with E-state index in [1.54, 1.807) is 26.4 Å². The Morgan fingerprint density at radius 2 is 1.68 bits per heavy atom. The van der Waals surface area contributed by atoms with Crippen LogP contribution in [0.25, 0.3) is 16.5 Å². The summed E-state index contributed by atoms with van der Waals surface area (Å²) in [5, 5.41) is 0.752. The summed E-state index contributed by atoms with van der Waals surface area (Å²) in [5.74, 6) is 0.142. The molecule has 124 valence electrons. The number of ketones is 2. The smallest absolute Gasteiger partial charge is 0.235 e. The number of nitrogens with one attached hydrogen (secondary N) is 1. The minimum atomic E-state index is -0.526. The molecule has 2 aromatic carbocycles. The average Bonchev–Trinajstić information content (AvgIpc) is 3.03. The molecule has 0 amide bonds. The van der Waals surface area contributed by atoms with Gasteiger partial charge in [-0.15, -0.1) is 0 Å². The molecule has 0 fully saturated rings. The average molecular weight is 333 g/mol. The summed E-state index contributed by atoms with van der Waals surface area (Å²) in [6.07, 6.45) is 1.38. The molecule has 1 N–H and O–H groups in total. The standard InChI is InChI=1S/C20H15NO4/c1-24-16-8-7-11(9-17(16)25-2)13-10-15(22)20(23)18-12-5-3-4-6-14(12)21-19(13)18/h3-10,21H,1-2H3. The monoisotopic (exact) mass is 333 g/mol. The van der Waals surface area contributed by atoms with Gasteiger partial charge in [-0.25, -0.2) is 0 Å². The minimum Gasteiger partial charge on any atom is -0.493 e.